The normalized spacial score (nSPS) is 27.0. The average Bonchev–Trinajstić information content (AvgIpc) is 3.14. The fraction of sp³-hybridized carbons (Fsp3) is 0.579. The summed E-state index contributed by atoms with van der Waals surface area (Å²) < 4.78 is 7.83. The first-order valence-electron chi connectivity index (χ1n) is 9.55. The number of hydrogen-bond donors (Lipinski definition) is 2. The van der Waals surface area contributed by atoms with Crippen LogP contribution in [-0.4, -0.2) is 67.5 Å². The third-order valence-corrected chi connectivity index (χ3v) is 5.93. The molecule has 1 spiro atoms. The van der Waals surface area contributed by atoms with Crippen LogP contribution in [0.25, 0.3) is 0 Å². The van der Waals surface area contributed by atoms with Gasteiger partial charge in [0.1, 0.15) is 17.6 Å². The Morgan fingerprint density at radius 1 is 1.29 bits per heavy atom. The van der Waals surface area contributed by atoms with Crippen LogP contribution in [-0.2, 0) is 11.8 Å². The van der Waals surface area contributed by atoms with E-state index in [9.17, 15) is 9.90 Å². The van der Waals surface area contributed by atoms with E-state index >= 15 is 0 Å². The Morgan fingerprint density at radius 2 is 2.07 bits per heavy atom. The van der Waals surface area contributed by atoms with Crippen molar-refractivity contribution in [3.63, 3.8) is 0 Å². The highest BCUT2D eigenvalue weighted by Crippen LogP contribution is 2.40. The summed E-state index contributed by atoms with van der Waals surface area (Å²) in [6.07, 6.45) is 9.36. The van der Waals surface area contributed by atoms with Crippen LogP contribution in [0.2, 0.25) is 0 Å². The number of ether oxygens (including phenoxy) is 1. The number of hydrogen-bond acceptors (Lipinski definition) is 7. The quantitative estimate of drug-likeness (QED) is 0.792. The number of amides is 1. The van der Waals surface area contributed by atoms with Gasteiger partial charge in [-0.25, -0.2) is 9.97 Å². The lowest BCUT2D eigenvalue weighted by molar-refractivity contribution is -0.195. The summed E-state index contributed by atoms with van der Waals surface area (Å²) in [5.41, 5.74) is -1.11. The number of anilines is 1. The first-order valence-corrected chi connectivity index (χ1v) is 9.55. The van der Waals surface area contributed by atoms with Crippen molar-refractivity contribution in [2.45, 2.75) is 43.4 Å². The number of imidazole rings is 1. The molecule has 2 aromatic heterocycles. The zero-order valence-electron chi connectivity index (χ0n) is 16.2. The molecule has 2 aliphatic rings. The number of aliphatic hydroxyl groups excluding tert-OH is 1. The highest BCUT2D eigenvalue weighted by Gasteiger charge is 2.54. The Labute approximate surface area is 163 Å². The van der Waals surface area contributed by atoms with Crippen molar-refractivity contribution in [2.24, 2.45) is 7.05 Å². The highest BCUT2D eigenvalue weighted by atomic mass is 16.5. The zero-order chi connectivity index (χ0) is 19.8. The molecule has 0 aliphatic carbocycles. The predicted molar refractivity (Wildman–Crippen MR) is 102 cm³/mol. The van der Waals surface area contributed by atoms with Crippen LogP contribution in [0, 0.1) is 0 Å². The number of piperidine rings is 1. The van der Waals surface area contributed by atoms with Crippen molar-refractivity contribution in [2.75, 3.05) is 24.6 Å². The monoisotopic (exact) mass is 386 g/mol. The lowest BCUT2D eigenvalue weighted by Gasteiger charge is -2.53. The van der Waals surface area contributed by atoms with E-state index in [0.717, 1.165) is 5.82 Å². The maximum Gasteiger partial charge on any atom is 0.271 e. The van der Waals surface area contributed by atoms with Crippen LogP contribution in [0.3, 0.4) is 0 Å². The Balaban J connectivity index is 1.47. The molecule has 28 heavy (non-hydrogen) atoms. The Kier molecular flexibility index (Phi) is 4.80. The number of nitrogens with zero attached hydrogens (tertiary/aromatic N) is 5. The fourth-order valence-electron chi connectivity index (χ4n) is 4.23. The largest absolute Gasteiger partial charge is 0.388 e. The molecule has 0 saturated carbocycles. The summed E-state index contributed by atoms with van der Waals surface area (Å²) in [6.45, 7) is 3.79. The topological polar surface area (TPSA) is 105 Å². The van der Waals surface area contributed by atoms with Crippen molar-refractivity contribution in [1.82, 2.24) is 24.8 Å². The van der Waals surface area contributed by atoms with Crippen molar-refractivity contribution in [3.8, 4) is 0 Å². The summed E-state index contributed by atoms with van der Waals surface area (Å²) >= 11 is 0. The molecule has 2 fully saturated rings. The van der Waals surface area contributed by atoms with Gasteiger partial charge in [-0.3, -0.25) is 9.78 Å². The summed E-state index contributed by atoms with van der Waals surface area (Å²) in [5, 5.41) is 14.3. The number of aromatic nitrogens is 4. The summed E-state index contributed by atoms with van der Waals surface area (Å²) in [5.74, 6) is 0.546. The first-order chi connectivity index (χ1) is 13.4. The fourth-order valence-corrected chi connectivity index (χ4v) is 4.23. The second kappa shape index (κ2) is 7.14. The van der Waals surface area contributed by atoms with Crippen molar-refractivity contribution >= 4 is 11.7 Å². The maximum absolute atomic E-state index is 12.6. The molecular weight excluding hydrogens is 360 g/mol. The van der Waals surface area contributed by atoms with Gasteiger partial charge in [-0.1, -0.05) is 0 Å². The molecule has 4 rings (SSSR count). The number of aryl methyl sites for hydroxylation is 1. The van der Waals surface area contributed by atoms with E-state index in [1.54, 1.807) is 35.7 Å². The van der Waals surface area contributed by atoms with Gasteiger partial charge in [-0.2, -0.15) is 0 Å². The maximum atomic E-state index is 12.6. The molecule has 150 valence electrons. The van der Waals surface area contributed by atoms with Gasteiger partial charge in [-0.05, 0) is 26.2 Å². The number of rotatable bonds is 3. The third kappa shape index (κ3) is 3.35. The van der Waals surface area contributed by atoms with Gasteiger partial charge < -0.3 is 24.6 Å². The molecule has 0 radical (unpaired) electrons. The minimum Gasteiger partial charge on any atom is -0.388 e. The Bertz CT molecular complexity index is 833. The van der Waals surface area contributed by atoms with Crippen molar-refractivity contribution in [3.05, 3.63) is 36.8 Å². The first kappa shape index (κ1) is 18.8. The summed E-state index contributed by atoms with van der Waals surface area (Å²) in [7, 11) is 1.81. The lowest BCUT2D eigenvalue weighted by atomic mass is 9.73. The van der Waals surface area contributed by atoms with Crippen LogP contribution >= 0.6 is 0 Å². The van der Waals surface area contributed by atoms with Gasteiger partial charge in [0, 0.05) is 45.3 Å². The molecule has 9 heteroatoms. The molecule has 0 aromatic carbocycles. The Morgan fingerprint density at radius 3 is 2.71 bits per heavy atom. The second-order valence-corrected chi connectivity index (χ2v) is 7.91. The van der Waals surface area contributed by atoms with Gasteiger partial charge in [0.2, 0.25) is 0 Å². The van der Waals surface area contributed by atoms with Gasteiger partial charge >= 0.3 is 0 Å². The Hall–Kier alpha value is -2.52. The zero-order valence-corrected chi connectivity index (χ0v) is 16.2. The van der Waals surface area contributed by atoms with Crippen LogP contribution in [0.1, 0.15) is 36.7 Å². The van der Waals surface area contributed by atoms with Crippen LogP contribution in [0.15, 0.2) is 31.1 Å². The van der Waals surface area contributed by atoms with Gasteiger partial charge in [0.15, 0.2) is 0 Å². The smallest absolute Gasteiger partial charge is 0.271 e. The molecule has 0 unspecified atom stereocenters. The van der Waals surface area contributed by atoms with Gasteiger partial charge in [-0.15, -0.1) is 0 Å². The minimum absolute atomic E-state index is 0.281. The average molecular weight is 386 g/mol. The van der Waals surface area contributed by atoms with Gasteiger partial charge in [0.25, 0.3) is 5.91 Å². The van der Waals surface area contributed by atoms with Gasteiger partial charge in [0.05, 0.1) is 23.7 Å². The lowest BCUT2D eigenvalue weighted by Crippen LogP contribution is -2.69. The molecule has 2 atom stereocenters. The minimum atomic E-state index is -0.814. The molecule has 2 aromatic rings. The SMILES string of the molecule is Cn1cnc(C(=O)N[C@]2(C)CCOC3(CCN(c4cnccn4)CC3)[C@H]2O)c1. The number of carbonyl (C=O) groups excluding carboxylic acids is 1. The number of aliphatic hydroxyl groups is 1. The second-order valence-electron chi connectivity index (χ2n) is 7.91. The van der Waals surface area contributed by atoms with E-state index < -0.39 is 17.2 Å². The molecule has 2 N–H and O–H groups in total. The third-order valence-electron chi connectivity index (χ3n) is 5.93. The van der Waals surface area contributed by atoms with E-state index in [1.807, 2.05) is 14.0 Å². The standard InChI is InChI=1S/C19H26N6O3/c1-18(23-16(26)14-12-24(2)13-22-14)5-10-28-19(17(18)27)3-8-25(9-4-19)15-11-20-6-7-21-15/h6-7,11-13,17,27H,3-5,8-10H2,1-2H3,(H,23,26)/t17-,18+/m0/s1. The predicted octanol–water partition coefficient (Wildman–Crippen LogP) is 0.519. The molecular formula is C19H26N6O3. The molecule has 1 amide bonds. The van der Waals surface area contributed by atoms with Crippen LogP contribution in [0.4, 0.5) is 5.82 Å². The highest BCUT2D eigenvalue weighted by molar-refractivity contribution is 5.92. The summed E-state index contributed by atoms with van der Waals surface area (Å²) in [6, 6.07) is 0. The van der Waals surface area contributed by atoms with Crippen molar-refractivity contribution < 1.29 is 14.6 Å². The molecule has 2 aliphatic heterocycles. The molecule has 9 nitrogen and oxygen atoms in total. The van der Waals surface area contributed by atoms with E-state index in [4.69, 9.17) is 4.74 Å². The summed E-state index contributed by atoms with van der Waals surface area (Å²) in [4.78, 5) is 27.3. The molecule has 2 saturated heterocycles. The van der Waals surface area contributed by atoms with E-state index in [1.165, 1.54) is 0 Å². The van der Waals surface area contributed by atoms with E-state index in [2.05, 4.69) is 25.2 Å². The number of nitrogens with one attached hydrogen (secondary N) is 1. The van der Waals surface area contributed by atoms with E-state index in [0.29, 0.717) is 44.7 Å². The van der Waals surface area contributed by atoms with E-state index in [-0.39, 0.29) is 5.91 Å². The van der Waals surface area contributed by atoms with Crippen LogP contribution in [0.5, 0.6) is 0 Å². The molecule has 0 bridgehead atoms. The van der Waals surface area contributed by atoms with Crippen molar-refractivity contribution in [1.29, 1.82) is 0 Å². The number of carbonyl (C=O) groups is 1. The molecule has 4 heterocycles. The van der Waals surface area contributed by atoms with Crippen LogP contribution < -0.4 is 10.2 Å².